The van der Waals surface area contributed by atoms with Gasteiger partial charge in [0.15, 0.2) is 0 Å². The number of rotatable bonds is 2. The minimum absolute atomic E-state index is 0.133. The number of aromatic nitrogens is 1. The summed E-state index contributed by atoms with van der Waals surface area (Å²) in [6.45, 7) is 5.22. The van der Waals surface area contributed by atoms with Crippen LogP contribution < -0.4 is 10.1 Å². The molecule has 1 aliphatic heterocycles. The van der Waals surface area contributed by atoms with E-state index in [2.05, 4.69) is 70.4 Å². The number of benzene rings is 2. The number of hydrogen-bond donors (Lipinski definition) is 2. The van der Waals surface area contributed by atoms with Gasteiger partial charge in [-0.05, 0) is 49.6 Å². The molecule has 0 aliphatic carbocycles. The van der Waals surface area contributed by atoms with Gasteiger partial charge in [-0.2, -0.15) is 0 Å². The van der Waals surface area contributed by atoms with Crippen molar-refractivity contribution in [1.29, 1.82) is 0 Å². The van der Waals surface area contributed by atoms with Crippen molar-refractivity contribution in [2.24, 2.45) is 0 Å². The van der Waals surface area contributed by atoms with Gasteiger partial charge in [-0.25, -0.2) is 0 Å². The number of nitrogens with one attached hydrogen (secondary N) is 2. The van der Waals surface area contributed by atoms with E-state index >= 15 is 0 Å². The lowest BCUT2D eigenvalue weighted by Crippen LogP contribution is -2.30. The topological polar surface area (TPSA) is 37.0 Å². The van der Waals surface area contributed by atoms with Gasteiger partial charge in [-0.15, -0.1) is 0 Å². The van der Waals surface area contributed by atoms with Gasteiger partial charge in [0.25, 0.3) is 0 Å². The smallest absolute Gasteiger partial charge is 0.126 e. The molecule has 4 rings (SSSR count). The van der Waals surface area contributed by atoms with Crippen LogP contribution in [-0.4, -0.2) is 18.6 Å². The molecular weight excluding hydrogens is 364 g/mol. The molecule has 0 bridgehead atoms. The summed E-state index contributed by atoms with van der Waals surface area (Å²) in [6.07, 6.45) is 1.04. The van der Waals surface area contributed by atoms with Gasteiger partial charge in [0.1, 0.15) is 5.75 Å². The second-order valence-electron chi connectivity index (χ2n) is 6.55. The molecule has 0 fully saturated rings. The highest BCUT2D eigenvalue weighted by molar-refractivity contribution is 9.10. The highest BCUT2D eigenvalue weighted by Crippen LogP contribution is 2.39. The van der Waals surface area contributed by atoms with Crippen molar-refractivity contribution < 1.29 is 4.74 Å². The molecule has 0 amide bonds. The first kappa shape index (κ1) is 15.7. The second-order valence-corrected chi connectivity index (χ2v) is 7.46. The molecule has 0 saturated heterocycles. The molecule has 1 unspecified atom stereocenters. The molecule has 1 aromatic heterocycles. The zero-order valence-corrected chi connectivity index (χ0v) is 15.8. The van der Waals surface area contributed by atoms with Crippen LogP contribution in [0.1, 0.15) is 34.0 Å². The summed E-state index contributed by atoms with van der Waals surface area (Å²) in [7, 11) is 1.76. The van der Waals surface area contributed by atoms with E-state index in [1.807, 2.05) is 0 Å². The molecule has 1 aliphatic rings. The number of methoxy groups -OCH3 is 1. The Bertz CT molecular complexity index is 929. The van der Waals surface area contributed by atoms with E-state index in [0.717, 1.165) is 23.2 Å². The Balaban J connectivity index is 1.93. The molecule has 0 saturated carbocycles. The molecule has 2 aromatic carbocycles. The predicted octanol–water partition coefficient (Wildman–Crippen LogP) is 4.79. The summed E-state index contributed by atoms with van der Waals surface area (Å²) in [5, 5.41) is 4.99. The van der Waals surface area contributed by atoms with Gasteiger partial charge in [0.2, 0.25) is 0 Å². The maximum Gasteiger partial charge on any atom is 0.126 e. The molecule has 124 valence electrons. The van der Waals surface area contributed by atoms with Crippen molar-refractivity contribution in [1.82, 2.24) is 10.3 Å². The van der Waals surface area contributed by atoms with Crippen molar-refractivity contribution in [3.63, 3.8) is 0 Å². The van der Waals surface area contributed by atoms with E-state index in [4.69, 9.17) is 4.74 Å². The lowest BCUT2D eigenvalue weighted by atomic mass is 9.91. The fourth-order valence-corrected chi connectivity index (χ4v) is 4.31. The monoisotopic (exact) mass is 384 g/mol. The number of aromatic amines is 1. The Morgan fingerprint density at radius 2 is 2.00 bits per heavy atom. The summed E-state index contributed by atoms with van der Waals surface area (Å²) >= 11 is 3.60. The van der Waals surface area contributed by atoms with Gasteiger partial charge < -0.3 is 15.0 Å². The van der Waals surface area contributed by atoms with Crippen molar-refractivity contribution in [3.05, 3.63) is 62.8 Å². The molecule has 4 heteroatoms. The number of ether oxygens (including phenoxy) is 1. The largest absolute Gasteiger partial charge is 0.496 e. The van der Waals surface area contributed by atoms with E-state index in [-0.39, 0.29) is 6.04 Å². The average molecular weight is 385 g/mol. The van der Waals surface area contributed by atoms with Crippen LogP contribution in [0, 0.1) is 13.8 Å². The Morgan fingerprint density at radius 3 is 2.79 bits per heavy atom. The molecule has 1 atom stereocenters. The summed E-state index contributed by atoms with van der Waals surface area (Å²) in [6, 6.07) is 11.0. The lowest BCUT2D eigenvalue weighted by molar-refractivity contribution is 0.398. The quantitative estimate of drug-likeness (QED) is 0.666. The van der Waals surface area contributed by atoms with E-state index < -0.39 is 0 Å². The van der Waals surface area contributed by atoms with Gasteiger partial charge in [-0.1, -0.05) is 33.6 Å². The van der Waals surface area contributed by atoms with Crippen LogP contribution in [0.3, 0.4) is 0 Å². The van der Waals surface area contributed by atoms with Crippen molar-refractivity contribution in [3.8, 4) is 5.75 Å². The Labute approximate surface area is 150 Å². The number of hydrogen-bond acceptors (Lipinski definition) is 2. The Morgan fingerprint density at radius 1 is 1.17 bits per heavy atom. The molecular formula is C20H21BrN2O. The van der Waals surface area contributed by atoms with Crippen LogP contribution in [0.4, 0.5) is 0 Å². The maximum absolute atomic E-state index is 5.73. The fourth-order valence-electron chi connectivity index (χ4n) is 3.95. The highest BCUT2D eigenvalue weighted by Gasteiger charge is 2.28. The minimum Gasteiger partial charge on any atom is -0.496 e. The van der Waals surface area contributed by atoms with Crippen LogP contribution in [0.5, 0.6) is 5.75 Å². The average Bonchev–Trinajstić information content (AvgIpc) is 2.92. The molecule has 0 radical (unpaired) electrons. The predicted molar refractivity (Wildman–Crippen MR) is 102 cm³/mol. The normalized spacial score (nSPS) is 17.1. The minimum atomic E-state index is 0.133. The summed E-state index contributed by atoms with van der Waals surface area (Å²) in [5.74, 6) is 0.978. The van der Waals surface area contributed by atoms with Crippen LogP contribution in [0.15, 0.2) is 34.8 Å². The number of fused-ring (bicyclic) bond motifs is 3. The Kier molecular flexibility index (Phi) is 3.89. The first-order valence-corrected chi connectivity index (χ1v) is 9.06. The van der Waals surface area contributed by atoms with Crippen LogP contribution >= 0.6 is 15.9 Å². The van der Waals surface area contributed by atoms with Crippen LogP contribution in [-0.2, 0) is 6.42 Å². The van der Waals surface area contributed by atoms with E-state index in [9.17, 15) is 0 Å². The second kappa shape index (κ2) is 5.94. The van der Waals surface area contributed by atoms with E-state index in [1.165, 1.54) is 38.9 Å². The van der Waals surface area contributed by atoms with Crippen LogP contribution in [0.25, 0.3) is 10.9 Å². The van der Waals surface area contributed by atoms with Gasteiger partial charge in [-0.3, -0.25) is 0 Å². The SMILES string of the molecule is COc1c(C)cc(C)cc1C1NCCc2c1[nH]c1ccc(Br)cc21. The Hall–Kier alpha value is -1.78. The zero-order chi connectivity index (χ0) is 16.8. The van der Waals surface area contributed by atoms with Crippen molar-refractivity contribution >= 4 is 26.8 Å². The van der Waals surface area contributed by atoms with Gasteiger partial charge in [0.05, 0.1) is 13.2 Å². The number of aryl methyl sites for hydroxylation is 2. The summed E-state index contributed by atoms with van der Waals surface area (Å²) < 4.78 is 6.85. The van der Waals surface area contributed by atoms with Crippen molar-refractivity contribution in [2.75, 3.05) is 13.7 Å². The molecule has 24 heavy (non-hydrogen) atoms. The number of H-pyrrole nitrogens is 1. The molecule has 3 aromatic rings. The lowest BCUT2D eigenvalue weighted by Gasteiger charge is -2.27. The summed E-state index contributed by atoms with van der Waals surface area (Å²) in [5.41, 5.74) is 7.52. The zero-order valence-electron chi connectivity index (χ0n) is 14.2. The van der Waals surface area contributed by atoms with Crippen LogP contribution in [0.2, 0.25) is 0 Å². The fraction of sp³-hybridized carbons (Fsp3) is 0.300. The highest BCUT2D eigenvalue weighted by atomic mass is 79.9. The molecule has 0 spiro atoms. The first-order chi connectivity index (χ1) is 11.6. The van der Waals surface area contributed by atoms with Crippen molar-refractivity contribution in [2.45, 2.75) is 26.3 Å². The van der Waals surface area contributed by atoms with E-state index in [1.54, 1.807) is 7.11 Å². The third kappa shape index (κ3) is 2.45. The van der Waals surface area contributed by atoms with Gasteiger partial charge in [0, 0.05) is 33.2 Å². The standard InChI is InChI=1S/C20H21BrN2O/c1-11-8-12(2)20(24-3)16(9-11)18-19-14(6-7-22-18)15-10-13(21)4-5-17(15)23-19/h4-5,8-10,18,22-23H,6-7H2,1-3H3. The van der Waals surface area contributed by atoms with Gasteiger partial charge >= 0.3 is 0 Å². The third-order valence-corrected chi connectivity index (χ3v) is 5.37. The summed E-state index contributed by atoms with van der Waals surface area (Å²) in [4.78, 5) is 3.64. The number of halogens is 1. The molecule has 3 nitrogen and oxygen atoms in total. The first-order valence-electron chi connectivity index (χ1n) is 8.27. The molecule has 2 heterocycles. The maximum atomic E-state index is 5.73. The van der Waals surface area contributed by atoms with E-state index in [0.29, 0.717) is 0 Å². The third-order valence-electron chi connectivity index (χ3n) is 4.88. The molecule has 2 N–H and O–H groups in total.